The summed E-state index contributed by atoms with van der Waals surface area (Å²) in [5, 5.41) is 19.9. The fourth-order valence-electron chi connectivity index (χ4n) is 2.12. The van der Waals surface area contributed by atoms with Gasteiger partial charge in [-0.3, -0.25) is 19.2 Å². The van der Waals surface area contributed by atoms with Crippen molar-refractivity contribution in [1.29, 1.82) is 0 Å². The largest absolute Gasteiger partial charge is 0.708 e. The number of rotatable bonds is 8. The topological polar surface area (TPSA) is 244 Å². The first-order valence-electron chi connectivity index (χ1n) is 7.02. The van der Waals surface area contributed by atoms with E-state index in [2.05, 4.69) is 13.1 Å². The molecule has 16 nitrogen and oxygen atoms in total. The van der Waals surface area contributed by atoms with Crippen LogP contribution in [0.2, 0.25) is 0 Å². The van der Waals surface area contributed by atoms with Crippen LogP contribution in [0.3, 0.4) is 0 Å². The smallest absolute Gasteiger partial charge is 0.387 e. The zero-order valence-electron chi connectivity index (χ0n) is 13.4. The quantitative estimate of drug-likeness (QED) is 0.228. The summed E-state index contributed by atoms with van der Waals surface area (Å²) in [6, 6.07) is 0.957. The van der Waals surface area contributed by atoms with E-state index in [4.69, 9.17) is 19.4 Å². The minimum absolute atomic E-state index is 0.714. The van der Waals surface area contributed by atoms with Crippen molar-refractivity contribution >= 4 is 23.9 Å². The molecule has 0 aliphatic carbocycles. The highest BCUT2D eigenvalue weighted by atomic mass is 31.3. The third kappa shape index (κ3) is 6.19. The number of aliphatic hydroxyl groups is 2. The Bertz CT molecular complexity index is 936. The fourth-order valence-corrected chi connectivity index (χ4v) is 4.71. The normalized spacial score (nSPS) is 28.1. The zero-order chi connectivity index (χ0) is 21.3. The average Bonchev–Trinajstić information content (AvgIpc) is 2.78. The van der Waals surface area contributed by atoms with Crippen LogP contribution in [0.4, 0.5) is 0 Å². The van der Waals surface area contributed by atoms with Crippen molar-refractivity contribution in [2.24, 2.45) is 0 Å². The van der Waals surface area contributed by atoms with Crippen LogP contribution in [0.15, 0.2) is 21.9 Å². The summed E-state index contributed by atoms with van der Waals surface area (Å²) in [6.07, 6.45) is -5.19. The average molecular weight is 467 g/mol. The van der Waals surface area contributed by atoms with Gasteiger partial charge in [0.2, 0.25) is 0 Å². The highest BCUT2D eigenvalue weighted by molar-refractivity contribution is 7.64. The Morgan fingerprint density at radius 3 is 2.43 bits per heavy atom. The second kappa shape index (κ2) is 8.71. The molecule has 2 heterocycles. The number of aliphatic hydroxyl groups excluding tert-OH is 2. The molecule has 2 rings (SSSR count). The summed E-state index contributed by atoms with van der Waals surface area (Å²) in [4.78, 5) is 50.5. The zero-order valence-corrected chi connectivity index (χ0v) is 16.1. The van der Waals surface area contributed by atoms with Crippen molar-refractivity contribution in [1.82, 2.24) is 9.55 Å². The number of H-pyrrole nitrogens is 1. The third-order valence-electron chi connectivity index (χ3n) is 3.19. The van der Waals surface area contributed by atoms with Crippen molar-refractivity contribution in [3.63, 3.8) is 0 Å². The molecule has 1 fully saturated rings. The van der Waals surface area contributed by atoms with E-state index in [1.54, 1.807) is 0 Å². The van der Waals surface area contributed by atoms with Crippen molar-refractivity contribution in [3.8, 4) is 0 Å². The van der Waals surface area contributed by atoms with E-state index < -0.39 is 66.3 Å². The van der Waals surface area contributed by atoms with E-state index in [0.29, 0.717) is 0 Å². The second-order valence-corrected chi connectivity index (χ2v) is 9.14. The SMILES string of the molecule is O=c1ccn([C@H]2O[C@@H](CO[P+](=O)OP(=O)(O)OP(=O)(O)O)C(O)C2O)c(=O)[nH]1. The van der Waals surface area contributed by atoms with Crippen molar-refractivity contribution in [3.05, 3.63) is 33.1 Å². The molecule has 0 spiro atoms. The Kier molecular flexibility index (Phi) is 7.21. The molecule has 1 saturated heterocycles. The van der Waals surface area contributed by atoms with Gasteiger partial charge in [-0.15, -0.1) is 4.52 Å². The third-order valence-corrected chi connectivity index (χ3v) is 6.58. The summed E-state index contributed by atoms with van der Waals surface area (Å²) in [5.41, 5.74) is -1.66. The lowest BCUT2D eigenvalue weighted by atomic mass is 10.1. The van der Waals surface area contributed by atoms with E-state index >= 15 is 0 Å². The Morgan fingerprint density at radius 2 is 1.86 bits per heavy atom. The second-order valence-electron chi connectivity index (χ2n) is 5.21. The molecule has 0 radical (unpaired) electrons. The molecule has 1 aromatic heterocycles. The highest BCUT2D eigenvalue weighted by Gasteiger charge is 2.47. The number of hydrogen-bond donors (Lipinski definition) is 6. The molecular formula is C9H14N2O14P3+. The first kappa shape index (κ1) is 23.2. The summed E-state index contributed by atoms with van der Waals surface area (Å²) in [5.74, 6) is 0. The van der Waals surface area contributed by atoms with Crippen molar-refractivity contribution < 1.29 is 56.5 Å². The minimum atomic E-state index is -5.43. The Labute approximate surface area is 155 Å². The van der Waals surface area contributed by atoms with E-state index in [9.17, 15) is 33.5 Å². The number of nitrogens with zero attached hydrogens (tertiary/aromatic N) is 1. The summed E-state index contributed by atoms with van der Waals surface area (Å²) in [6.45, 7) is -0.794. The molecule has 0 aromatic carbocycles. The van der Waals surface area contributed by atoms with Gasteiger partial charge < -0.3 is 24.7 Å². The Morgan fingerprint density at radius 1 is 1.21 bits per heavy atom. The van der Waals surface area contributed by atoms with Gasteiger partial charge in [0, 0.05) is 16.8 Å². The van der Waals surface area contributed by atoms with Crippen LogP contribution in [0.25, 0.3) is 0 Å². The first-order chi connectivity index (χ1) is 12.8. The van der Waals surface area contributed by atoms with Crippen LogP contribution in [0.5, 0.6) is 0 Å². The van der Waals surface area contributed by atoms with E-state index in [0.717, 1.165) is 16.8 Å². The lowest BCUT2D eigenvalue weighted by Crippen LogP contribution is -2.37. The first-order valence-corrected chi connectivity index (χ1v) is 11.1. The number of hydrogen-bond acceptors (Lipinski definition) is 11. The minimum Gasteiger partial charge on any atom is -0.387 e. The molecule has 1 aromatic rings. The maximum Gasteiger partial charge on any atom is 0.708 e. The molecule has 19 heteroatoms. The van der Waals surface area contributed by atoms with Gasteiger partial charge in [-0.1, -0.05) is 0 Å². The summed E-state index contributed by atoms with van der Waals surface area (Å²) < 4.78 is 50.9. The van der Waals surface area contributed by atoms with Crippen LogP contribution in [-0.4, -0.2) is 59.4 Å². The van der Waals surface area contributed by atoms with Gasteiger partial charge in [0.1, 0.15) is 24.9 Å². The standard InChI is InChI=1S/C9H13N2O14P3/c12-5-1-2-11(9(15)10-5)8-7(14)6(13)4(23-8)3-22-26(16)24-28(20,21)25-27(17,18)19/h1-2,4,6-8,13-14H,3H2,(H3-,10,12,15,17,18,19,20,21)/p+1/t4-,6?,7?,8-/m0/s1. The van der Waals surface area contributed by atoms with Crippen LogP contribution in [-0.2, 0) is 31.6 Å². The van der Waals surface area contributed by atoms with Gasteiger partial charge in [0.05, 0.1) is 0 Å². The van der Waals surface area contributed by atoms with E-state index in [1.807, 2.05) is 4.98 Å². The summed E-state index contributed by atoms with van der Waals surface area (Å²) >= 11 is 0. The molecule has 0 amide bonds. The van der Waals surface area contributed by atoms with E-state index in [1.165, 1.54) is 0 Å². The molecule has 158 valence electrons. The van der Waals surface area contributed by atoms with Gasteiger partial charge in [-0.05, 0) is 4.31 Å². The van der Waals surface area contributed by atoms with Gasteiger partial charge in [0.15, 0.2) is 6.23 Å². The predicted molar refractivity (Wildman–Crippen MR) is 84.8 cm³/mol. The summed E-state index contributed by atoms with van der Waals surface area (Å²) in [7, 11) is -14.3. The van der Waals surface area contributed by atoms with Gasteiger partial charge in [0.25, 0.3) is 5.56 Å². The van der Waals surface area contributed by atoms with Gasteiger partial charge >= 0.3 is 29.6 Å². The van der Waals surface area contributed by atoms with E-state index in [-0.39, 0.29) is 0 Å². The van der Waals surface area contributed by atoms with Crippen LogP contribution < -0.4 is 11.2 Å². The predicted octanol–water partition coefficient (Wildman–Crippen LogP) is -1.94. The van der Waals surface area contributed by atoms with Crippen molar-refractivity contribution in [2.75, 3.05) is 6.61 Å². The number of phosphoric acid groups is 2. The number of aromatic amines is 1. The van der Waals surface area contributed by atoms with Crippen LogP contribution in [0.1, 0.15) is 6.23 Å². The number of aromatic nitrogens is 2. The molecule has 6 N–H and O–H groups in total. The number of nitrogens with one attached hydrogen (secondary N) is 1. The molecular weight excluding hydrogens is 453 g/mol. The van der Waals surface area contributed by atoms with Gasteiger partial charge in [-0.25, -0.2) is 13.9 Å². The monoisotopic (exact) mass is 467 g/mol. The Balaban J connectivity index is 1.99. The van der Waals surface area contributed by atoms with Gasteiger partial charge in [-0.2, -0.15) is 4.31 Å². The molecule has 0 bridgehead atoms. The lowest BCUT2D eigenvalue weighted by Gasteiger charge is -2.16. The molecule has 1 aliphatic heterocycles. The fraction of sp³-hybridized carbons (Fsp3) is 0.556. The molecule has 1 aliphatic rings. The molecule has 28 heavy (non-hydrogen) atoms. The van der Waals surface area contributed by atoms with Crippen LogP contribution in [0, 0.1) is 0 Å². The maximum absolute atomic E-state index is 11.7. The molecule has 6 atom stereocenters. The Hall–Kier alpha value is -1.12. The number of ether oxygens (including phenoxy) is 1. The molecule has 4 unspecified atom stereocenters. The van der Waals surface area contributed by atoms with Crippen LogP contribution >= 0.6 is 23.9 Å². The highest BCUT2D eigenvalue weighted by Crippen LogP contribution is 2.61. The maximum atomic E-state index is 11.7. The lowest BCUT2D eigenvalue weighted by molar-refractivity contribution is -0.0517. The molecule has 0 saturated carbocycles. The van der Waals surface area contributed by atoms with Crippen molar-refractivity contribution in [2.45, 2.75) is 24.5 Å².